The van der Waals surface area contributed by atoms with Gasteiger partial charge in [0.1, 0.15) is 5.75 Å². The second kappa shape index (κ2) is 10.3. The molecule has 3 rings (SSSR count). The van der Waals surface area contributed by atoms with Gasteiger partial charge in [-0.25, -0.2) is 0 Å². The lowest BCUT2D eigenvalue weighted by Gasteiger charge is -2.30. The van der Waals surface area contributed by atoms with Gasteiger partial charge in [0.15, 0.2) is 0 Å². The maximum Gasteiger partial charge on any atom is 0.224 e. The Morgan fingerprint density at radius 1 is 1.07 bits per heavy atom. The van der Waals surface area contributed by atoms with E-state index in [4.69, 9.17) is 4.74 Å². The number of carbonyl (C=O) groups excluding carboxylic acids is 1. The fourth-order valence-corrected chi connectivity index (χ4v) is 3.45. The SMILES string of the molecule is Cc1ccc(OCCCC(=O)Nc2ccc(CN3CCC(C)CC3)cc2)cc1. The van der Waals surface area contributed by atoms with E-state index in [2.05, 4.69) is 36.2 Å². The molecular formula is C24H32N2O2. The molecule has 1 saturated heterocycles. The second-order valence-electron chi connectivity index (χ2n) is 7.97. The molecule has 1 amide bonds. The van der Waals surface area contributed by atoms with Crippen LogP contribution in [0.15, 0.2) is 48.5 Å². The summed E-state index contributed by atoms with van der Waals surface area (Å²) >= 11 is 0. The molecule has 1 aliphatic rings. The summed E-state index contributed by atoms with van der Waals surface area (Å²) in [6, 6.07) is 16.2. The maximum atomic E-state index is 12.1. The highest BCUT2D eigenvalue weighted by Gasteiger charge is 2.15. The van der Waals surface area contributed by atoms with Crippen molar-refractivity contribution in [3.63, 3.8) is 0 Å². The number of rotatable bonds is 8. The summed E-state index contributed by atoms with van der Waals surface area (Å²) < 4.78 is 5.67. The van der Waals surface area contributed by atoms with E-state index in [0.717, 1.165) is 23.9 Å². The molecule has 0 aromatic heterocycles. The average Bonchev–Trinajstić information content (AvgIpc) is 2.70. The fourth-order valence-electron chi connectivity index (χ4n) is 3.45. The van der Waals surface area contributed by atoms with E-state index in [1.807, 2.05) is 36.4 Å². The monoisotopic (exact) mass is 380 g/mol. The molecular weight excluding hydrogens is 348 g/mol. The summed E-state index contributed by atoms with van der Waals surface area (Å²) in [4.78, 5) is 14.6. The topological polar surface area (TPSA) is 41.6 Å². The minimum atomic E-state index is 0.0327. The summed E-state index contributed by atoms with van der Waals surface area (Å²) in [5, 5.41) is 2.98. The quantitative estimate of drug-likeness (QED) is 0.654. The third-order valence-corrected chi connectivity index (χ3v) is 5.36. The van der Waals surface area contributed by atoms with Crippen molar-refractivity contribution in [2.45, 2.75) is 46.1 Å². The molecule has 0 unspecified atom stereocenters. The first-order valence-electron chi connectivity index (χ1n) is 10.4. The van der Waals surface area contributed by atoms with Crippen molar-refractivity contribution in [3.8, 4) is 5.75 Å². The summed E-state index contributed by atoms with van der Waals surface area (Å²) in [6.07, 6.45) is 3.74. The van der Waals surface area contributed by atoms with Crippen LogP contribution >= 0.6 is 0 Å². The van der Waals surface area contributed by atoms with E-state index in [1.54, 1.807) is 0 Å². The van der Waals surface area contributed by atoms with Crippen molar-refractivity contribution in [3.05, 3.63) is 59.7 Å². The number of hydrogen-bond donors (Lipinski definition) is 1. The van der Waals surface area contributed by atoms with Crippen molar-refractivity contribution in [2.24, 2.45) is 5.92 Å². The molecule has 28 heavy (non-hydrogen) atoms. The van der Waals surface area contributed by atoms with Gasteiger partial charge < -0.3 is 10.1 Å². The van der Waals surface area contributed by atoms with E-state index in [9.17, 15) is 4.79 Å². The molecule has 150 valence electrons. The van der Waals surface area contributed by atoms with Crippen molar-refractivity contribution >= 4 is 11.6 Å². The Hall–Kier alpha value is -2.33. The molecule has 0 saturated carbocycles. The van der Waals surface area contributed by atoms with Gasteiger partial charge in [-0.05, 0) is 75.0 Å². The average molecular weight is 381 g/mol. The maximum absolute atomic E-state index is 12.1. The van der Waals surface area contributed by atoms with Crippen molar-refractivity contribution in [1.29, 1.82) is 0 Å². The van der Waals surface area contributed by atoms with Gasteiger partial charge in [0.25, 0.3) is 0 Å². The van der Waals surface area contributed by atoms with Crippen LogP contribution in [-0.4, -0.2) is 30.5 Å². The molecule has 1 heterocycles. The van der Waals surface area contributed by atoms with Crippen molar-refractivity contribution in [2.75, 3.05) is 25.0 Å². The number of nitrogens with zero attached hydrogens (tertiary/aromatic N) is 1. The predicted octanol–water partition coefficient (Wildman–Crippen LogP) is 5.02. The van der Waals surface area contributed by atoms with E-state index < -0.39 is 0 Å². The number of benzene rings is 2. The second-order valence-corrected chi connectivity index (χ2v) is 7.97. The number of anilines is 1. The standard InChI is InChI=1S/C24H32N2O2/c1-19-5-11-23(12-6-19)28-17-3-4-24(27)25-22-9-7-21(8-10-22)18-26-15-13-20(2)14-16-26/h5-12,20H,3-4,13-18H2,1-2H3,(H,25,27). The van der Waals surface area contributed by atoms with Crippen LogP contribution in [0.1, 0.15) is 43.7 Å². The van der Waals surface area contributed by atoms with Gasteiger partial charge in [-0.3, -0.25) is 9.69 Å². The van der Waals surface area contributed by atoms with Crippen LogP contribution < -0.4 is 10.1 Å². The molecule has 4 nitrogen and oxygen atoms in total. The minimum Gasteiger partial charge on any atom is -0.494 e. The number of carbonyl (C=O) groups is 1. The van der Waals surface area contributed by atoms with Gasteiger partial charge in [0.2, 0.25) is 5.91 Å². The first-order valence-corrected chi connectivity index (χ1v) is 10.4. The zero-order chi connectivity index (χ0) is 19.8. The van der Waals surface area contributed by atoms with Crippen molar-refractivity contribution in [1.82, 2.24) is 4.90 Å². The number of likely N-dealkylation sites (tertiary alicyclic amines) is 1. The molecule has 1 N–H and O–H groups in total. The van der Waals surface area contributed by atoms with Crippen molar-refractivity contribution < 1.29 is 9.53 Å². The third-order valence-electron chi connectivity index (χ3n) is 5.36. The van der Waals surface area contributed by atoms with Crippen LogP contribution in [0.3, 0.4) is 0 Å². The predicted molar refractivity (Wildman–Crippen MR) is 115 cm³/mol. The highest BCUT2D eigenvalue weighted by molar-refractivity contribution is 5.90. The number of nitrogens with one attached hydrogen (secondary N) is 1. The van der Waals surface area contributed by atoms with Crippen LogP contribution in [0.2, 0.25) is 0 Å². The smallest absolute Gasteiger partial charge is 0.224 e. The Labute approximate surface area is 168 Å². The molecule has 1 aliphatic heterocycles. The van der Waals surface area contributed by atoms with Gasteiger partial charge in [0.05, 0.1) is 6.61 Å². The number of ether oxygens (including phenoxy) is 1. The highest BCUT2D eigenvalue weighted by atomic mass is 16.5. The Morgan fingerprint density at radius 2 is 1.75 bits per heavy atom. The molecule has 2 aromatic rings. The number of piperidine rings is 1. The van der Waals surface area contributed by atoms with Crippen LogP contribution in [0.5, 0.6) is 5.75 Å². The molecule has 4 heteroatoms. The van der Waals surface area contributed by atoms with Crippen LogP contribution in [0.4, 0.5) is 5.69 Å². The van der Waals surface area contributed by atoms with Gasteiger partial charge in [-0.1, -0.05) is 36.8 Å². The summed E-state index contributed by atoms with van der Waals surface area (Å²) in [6.45, 7) is 8.30. The Kier molecular flexibility index (Phi) is 7.49. The number of amides is 1. The zero-order valence-electron chi connectivity index (χ0n) is 17.1. The van der Waals surface area contributed by atoms with Crippen LogP contribution in [-0.2, 0) is 11.3 Å². The lowest BCUT2D eigenvalue weighted by Crippen LogP contribution is -2.32. The zero-order valence-corrected chi connectivity index (χ0v) is 17.1. The van der Waals surface area contributed by atoms with E-state index in [-0.39, 0.29) is 5.91 Å². The number of hydrogen-bond acceptors (Lipinski definition) is 3. The largest absolute Gasteiger partial charge is 0.494 e. The molecule has 0 radical (unpaired) electrons. The van der Waals surface area contributed by atoms with Gasteiger partial charge in [-0.2, -0.15) is 0 Å². The first-order chi connectivity index (χ1) is 13.6. The third kappa shape index (κ3) is 6.68. The summed E-state index contributed by atoms with van der Waals surface area (Å²) in [5.41, 5.74) is 3.38. The van der Waals surface area contributed by atoms with E-state index in [0.29, 0.717) is 19.4 Å². The fraction of sp³-hybridized carbons (Fsp3) is 0.458. The molecule has 0 bridgehead atoms. The normalized spacial score (nSPS) is 15.4. The number of aryl methyl sites for hydroxylation is 1. The van der Waals surface area contributed by atoms with E-state index in [1.165, 1.54) is 37.1 Å². The summed E-state index contributed by atoms with van der Waals surface area (Å²) in [5.74, 6) is 1.74. The Bertz CT molecular complexity index is 732. The van der Waals surface area contributed by atoms with Gasteiger partial charge in [-0.15, -0.1) is 0 Å². The Balaban J connectivity index is 1.35. The summed E-state index contributed by atoms with van der Waals surface area (Å²) in [7, 11) is 0. The molecule has 2 aromatic carbocycles. The molecule has 0 aliphatic carbocycles. The van der Waals surface area contributed by atoms with Gasteiger partial charge in [0, 0.05) is 18.7 Å². The van der Waals surface area contributed by atoms with Crippen LogP contribution in [0.25, 0.3) is 0 Å². The molecule has 0 atom stereocenters. The lowest BCUT2D eigenvalue weighted by atomic mass is 9.99. The molecule has 0 spiro atoms. The minimum absolute atomic E-state index is 0.0327. The molecule has 1 fully saturated rings. The lowest BCUT2D eigenvalue weighted by molar-refractivity contribution is -0.116. The highest BCUT2D eigenvalue weighted by Crippen LogP contribution is 2.19. The van der Waals surface area contributed by atoms with Crippen LogP contribution in [0, 0.1) is 12.8 Å². The Morgan fingerprint density at radius 3 is 2.43 bits per heavy atom. The van der Waals surface area contributed by atoms with Gasteiger partial charge >= 0.3 is 0 Å². The van der Waals surface area contributed by atoms with E-state index >= 15 is 0 Å². The first kappa shape index (κ1) is 20.4.